The molecule has 0 radical (unpaired) electrons. The number of rotatable bonds is 6. The molecule has 4 nitrogen and oxygen atoms in total. The highest BCUT2D eigenvalue weighted by molar-refractivity contribution is 4.98. The summed E-state index contributed by atoms with van der Waals surface area (Å²) in [5.74, 6) is 0.337. The van der Waals surface area contributed by atoms with Gasteiger partial charge in [-0.3, -0.25) is 0 Å². The lowest BCUT2D eigenvalue weighted by Crippen LogP contribution is -2.57. The fourth-order valence-corrected chi connectivity index (χ4v) is 3.22. The highest BCUT2D eigenvalue weighted by atomic mass is 16.5. The standard InChI is InChI=1S/C14H28N2O2/c1-15(2)14(6-4-7-14)11-16(3)9-13(17)12-5-8-18-10-12/h12-13,17H,4-11H2,1-3H3. The number of likely N-dealkylation sites (N-methyl/N-ethyl adjacent to an activating group) is 2. The van der Waals surface area contributed by atoms with Crippen LogP contribution in [0.2, 0.25) is 0 Å². The minimum atomic E-state index is -0.239. The van der Waals surface area contributed by atoms with Crippen LogP contribution in [0.4, 0.5) is 0 Å². The maximum absolute atomic E-state index is 10.2. The van der Waals surface area contributed by atoms with E-state index in [9.17, 15) is 5.11 Å². The van der Waals surface area contributed by atoms with Gasteiger partial charge >= 0.3 is 0 Å². The van der Waals surface area contributed by atoms with E-state index in [-0.39, 0.29) is 6.10 Å². The molecular formula is C14H28N2O2. The molecule has 1 aliphatic heterocycles. The molecule has 2 atom stereocenters. The highest BCUT2D eigenvalue weighted by Gasteiger charge is 2.40. The quantitative estimate of drug-likeness (QED) is 0.762. The first-order valence-corrected chi connectivity index (χ1v) is 7.15. The third-order valence-corrected chi connectivity index (χ3v) is 4.80. The fraction of sp³-hybridized carbons (Fsp3) is 1.00. The number of ether oxygens (including phenoxy) is 1. The molecule has 1 N–H and O–H groups in total. The second kappa shape index (κ2) is 5.87. The van der Waals surface area contributed by atoms with E-state index in [1.165, 1.54) is 19.3 Å². The van der Waals surface area contributed by atoms with Crippen molar-refractivity contribution in [1.82, 2.24) is 9.80 Å². The number of hydrogen-bond donors (Lipinski definition) is 1. The lowest BCUT2D eigenvalue weighted by atomic mass is 9.75. The monoisotopic (exact) mass is 256 g/mol. The van der Waals surface area contributed by atoms with Gasteiger partial charge in [-0.05, 0) is 46.8 Å². The molecule has 1 saturated heterocycles. The van der Waals surface area contributed by atoms with Crippen LogP contribution >= 0.6 is 0 Å². The minimum absolute atomic E-state index is 0.239. The third-order valence-electron chi connectivity index (χ3n) is 4.80. The van der Waals surface area contributed by atoms with Crippen LogP contribution in [0.1, 0.15) is 25.7 Å². The van der Waals surface area contributed by atoms with Crippen LogP contribution < -0.4 is 0 Å². The highest BCUT2D eigenvalue weighted by Crippen LogP contribution is 2.36. The summed E-state index contributed by atoms with van der Waals surface area (Å²) < 4.78 is 5.34. The van der Waals surface area contributed by atoms with Gasteiger partial charge in [0.2, 0.25) is 0 Å². The van der Waals surface area contributed by atoms with E-state index in [1.54, 1.807) is 0 Å². The Morgan fingerprint density at radius 3 is 2.50 bits per heavy atom. The zero-order valence-electron chi connectivity index (χ0n) is 12.1. The predicted molar refractivity (Wildman–Crippen MR) is 72.7 cm³/mol. The van der Waals surface area contributed by atoms with Crippen molar-refractivity contribution in [3.8, 4) is 0 Å². The lowest BCUT2D eigenvalue weighted by Gasteiger charge is -2.49. The van der Waals surface area contributed by atoms with E-state index < -0.39 is 0 Å². The number of aliphatic hydroxyl groups is 1. The van der Waals surface area contributed by atoms with Crippen molar-refractivity contribution in [3.05, 3.63) is 0 Å². The van der Waals surface area contributed by atoms with Crippen LogP contribution in [-0.4, -0.2) is 74.0 Å². The topological polar surface area (TPSA) is 35.9 Å². The summed E-state index contributed by atoms with van der Waals surface area (Å²) in [7, 11) is 6.48. The van der Waals surface area contributed by atoms with Gasteiger partial charge < -0.3 is 19.6 Å². The largest absolute Gasteiger partial charge is 0.391 e. The Labute approximate surface area is 111 Å². The molecule has 18 heavy (non-hydrogen) atoms. The first-order valence-electron chi connectivity index (χ1n) is 7.15. The molecule has 106 valence electrons. The second-order valence-electron chi connectivity index (χ2n) is 6.36. The molecule has 0 aromatic heterocycles. The molecule has 1 saturated carbocycles. The summed E-state index contributed by atoms with van der Waals surface area (Å²) in [5, 5.41) is 10.2. The Bertz CT molecular complexity index is 261. The van der Waals surface area contributed by atoms with Gasteiger partial charge in [0, 0.05) is 31.2 Å². The summed E-state index contributed by atoms with van der Waals surface area (Å²) in [6, 6.07) is 0. The van der Waals surface area contributed by atoms with E-state index in [2.05, 4.69) is 30.9 Å². The van der Waals surface area contributed by atoms with Crippen molar-refractivity contribution in [2.75, 3.05) is 47.4 Å². The molecule has 0 aromatic carbocycles. The Hall–Kier alpha value is -0.160. The zero-order valence-corrected chi connectivity index (χ0v) is 12.1. The molecule has 2 fully saturated rings. The molecule has 1 heterocycles. The summed E-state index contributed by atoms with van der Waals surface area (Å²) in [4.78, 5) is 4.65. The predicted octanol–water partition coefficient (Wildman–Crippen LogP) is 0.800. The van der Waals surface area contributed by atoms with E-state index >= 15 is 0 Å². The van der Waals surface area contributed by atoms with Crippen molar-refractivity contribution in [2.45, 2.75) is 37.3 Å². The van der Waals surface area contributed by atoms with Crippen molar-refractivity contribution >= 4 is 0 Å². The smallest absolute Gasteiger partial charge is 0.0717 e. The average molecular weight is 256 g/mol. The van der Waals surface area contributed by atoms with Gasteiger partial charge in [-0.25, -0.2) is 0 Å². The Morgan fingerprint density at radius 2 is 2.06 bits per heavy atom. The van der Waals surface area contributed by atoms with Crippen molar-refractivity contribution < 1.29 is 9.84 Å². The third kappa shape index (κ3) is 3.05. The van der Waals surface area contributed by atoms with Crippen molar-refractivity contribution in [2.24, 2.45) is 5.92 Å². The van der Waals surface area contributed by atoms with Crippen LogP contribution in [0, 0.1) is 5.92 Å². The molecule has 0 spiro atoms. The maximum Gasteiger partial charge on any atom is 0.0717 e. The van der Waals surface area contributed by atoms with Gasteiger partial charge in [0.15, 0.2) is 0 Å². The lowest BCUT2D eigenvalue weighted by molar-refractivity contribution is 0.00430. The molecule has 0 aromatic rings. The van der Waals surface area contributed by atoms with Crippen LogP contribution in [-0.2, 0) is 4.74 Å². The van der Waals surface area contributed by atoms with E-state index in [0.717, 1.165) is 32.7 Å². The minimum Gasteiger partial charge on any atom is -0.391 e. The fourth-order valence-electron chi connectivity index (χ4n) is 3.22. The molecule has 1 aliphatic carbocycles. The number of hydrogen-bond acceptors (Lipinski definition) is 4. The second-order valence-corrected chi connectivity index (χ2v) is 6.36. The number of aliphatic hydroxyl groups excluding tert-OH is 1. The van der Waals surface area contributed by atoms with Gasteiger partial charge in [-0.15, -0.1) is 0 Å². The van der Waals surface area contributed by atoms with Crippen LogP contribution in [0.5, 0.6) is 0 Å². The van der Waals surface area contributed by atoms with E-state index in [1.807, 2.05) is 0 Å². The van der Waals surface area contributed by atoms with Gasteiger partial charge in [-0.2, -0.15) is 0 Å². The summed E-state index contributed by atoms with van der Waals surface area (Å²) in [5.41, 5.74) is 0.348. The van der Waals surface area contributed by atoms with Gasteiger partial charge in [0.05, 0.1) is 12.7 Å². The van der Waals surface area contributed by atoms with Gasteiger partial charge in [0.25, 0.3) is 0 Å². The Morgan fingerprint density at radius 1 is 1.33 bits per heavy atom. The normalized spacial score (nSPS) is 28.7. The zero-order chi connectivity index (χ0) is 13.2. The maximum atomic E-state index is 10.2. The van der Waals surface area contributed by atoms with Crippen LogP contribution in [0.15, 0.2) is 0 Å². The first kappa shape index (κ1) is 14.3. The summed E-state index contributed by atoms with van der Waals surface area (Å²) in [6.07, 6.45) is 4.68. The first-order chi connectivity index (χ1) is 8.53. The number of nitrogens with zero attached hydrogens (tertiary/aromatic N) is 2. The van der Waals surface area contributed by atoms with Crippen LogP contribution in [0.25, 0.3) is 0 Å². The molecule has 4 heteroatoms. The van der Waals surface area contributed by atoms with Gasteiger partial charge in [0.1, 0.15) is 0 Å². The molecule has 0 amide bonds. The Balaban J connectivity index is 1.78. The molecule has 0 bridgehead atoms. The molecule has 2 rings (SSSR count). The summed E-state index contributed by atoms with van der Waals surface area (Å²) >= 11 is 0. The SMILES string of the molecule is CN(CC(O)C1CCOC1)CC1(N(C)C)CCC1. The van der Waals surface area contributed by atoms with Crippen molar-refractivity contribution in [1.29, 1.82) is 0 Å². The summed E-state index contributed by atoms with van der Waals surface area (Å²) in [6.45, 7) is 3.37. The van der Waals surface area contributed by atoms with Crippen LogP contribution in [0.3, 0.4) is 0 Å². The van der Waals surface area contributed by atoms with E-state index in [4.69, 9.17) is 4.74 Å². The van der Waals surface area contributed by atoms with Crippen molar-refractivity contribution in [3.63, 3.8) is 0 Å². The average Bonchev–Trinajstić information content (AvgIpc) is 2.76. The van der Waals surface area contributed by atoms with Gasteiger partial charge in [-0.1, -0.05) is 0 Å². The molecule has 2 aliphatic rings. The molecular weight excluding hydrogens is 228 g/mol. The Kier molecular flexibility index (Phi) is 4.64. The van der Waals surface area contributed by atoms with E-state index in [0.29, 0.717) is 11.5 Å². The molecule has 2 unspecified atom stereocenters.